The standard InChI is InChI=1S/C16H13N5O2S/c22-12-7-5-11(6-8-12)21-16(17-19-20-21)24-14-9-10-3-1-2-4-13(10)15(14)18-23/h1-8,14,22-23H,9H2/b18-15+. The van der Waals surface area contributed by atoms with Crippen LogP contribution in [-0.4, -0.2) is 41.5 Å². The second-order valence-electron chi connectivity index (χ2n) is 5.34. The predicted octanol–water partition coefficient (Wildman–Crippen LogP) is 2.26. The van der Waals surface area contributed by atoms with Gasteiger partial charge in [-0.05, 0) is 46.7 Å². The molecular weight excluding hydrogens is 326 g/mol. The quantitative estimate of drug-likeness (QED) is 0.561. The monoisotopic (exact) mass is 339 g/mol. The SMILES string of the molecule is O/N=C1\c2ccccc2CC1Sc1nnnn1-c1ccc(O)cc1. The van der Waals surface area contributed by atoms with Gasteiger partial charge in [-0.25, -0.2) is 0 Å². The van der Waals surface area contributed by atoms with Crippen LogP contribution >= 0.6 is 11.8 Å². The molecule has 1 unspecified atom stereocenters. The molecule has 24 heavy (non-hydrogen) atoms. The van der Waals surface area contributed by atoms with Crippen molar-refractivity contribution in [1.29, 1.82) is 0 Å². The van der Waals surface area contributed by atoms with E-state index >= 15 is 0 Å². The Morgan fingerprint density at radius 3 is 2.71 bits per heavy atom. The summed E-state index contributed by atoms with van der Waals surface area (Å²) in [5.74, 6) is 0.182. The molecule has 0 fully saturated rings. The summed E-state index contributed by atoms with van der Waals surface area (Å²) in [5, 5.41) is 34.7. The van der Waals surface area contributed by atoms with Crippen LogP contribution in [-0.2, 0) is 6.42 Å². The molecule has 1 aliphatic carbocycles. The molecule has 2 aromatic carbocycles. The van der Waals surface area contributed by atoms with E-state index in [2.05, 4.69) is 20.7 Å². The van der Waals surface area contributed by atoms with Crippen molar-refractivity contribution in [3.05, 3.63) is 59.7 Å². The Balaban J connectivity index is 1.64. The summed E-state index contributed by atoms with van der Waals surface area (Å²) >= 11 is 1.45. The molecule has 0 radical (unpaired) electrons. The number of thioether (sulfide) groups is 1. The Bertz CT molecular complexity index is 907. The summed E-state index contributed by atoms with van der Waals surface area (Å²) < 4.78 is 1.60. The Hall–Kier alpha value is -2.87. The van der Waals surface area contributed by atoms with Gasteiger partial charge >= 0.3 is 0 Å². The van der Waals surface area contributed by atoms with E-state index in [0.29, 0.717) is 10.9 Å². The molecule has 7 nitrogen and oxygen atoms in total. The van der Waals surface area contributed by atoms with E-state index in [0.717, 1.165) is 23.2 Å². The summed E-state index contributed by atoms with van der Waals surface area (Å²) in [4.78, 5) is 0. The number of phenolic OH excluding ortho intramolecular Hbond substituents is 1. The second-order valence-corrected chi connectivity index (χ2v) is 6.51. The largest absolute Gasteiger partial charge is 0.508 e. The smallest absolute Gasteiger partial charge is 0.214 e. The summed E-state index contributed by atoms with van der Waals surface area (Å²) in [6, 6.07) is 14.5. The molecule has 2 N–H and O–H groups in total. The van der Waals surface area contributed by atoms with Crippen molar-refractivity contribution < 1.29 is 10.3 Å². The lowest BCUT2D eigenvalue weighted by molar-refractivity contribution is 0.318. The average Bonchev–Trinajstić information content (AvgIpc) is 3.19. The highest BCUT2D eigenvalue weighted by molar-refractivity contribution is 8.00. The summed E-state index contributed by atoms with van der Waals surface area (Å²) in [5.41, 5.74) is 3.49. The van der Waals surface area contributed by atoms with E-state index < -0.39 is 0 Å². The van der Waals surface area contributed by atoms with Crippen LogP contribution < -0.4 is 0 Å². The van der Waals surface area contributed by atoms with E-state index in [1.165, 1.54) is 11.8 Å². The van der Waals surface area contributed by atoms with Gasteiger partial charge in [-0.2, -0.15) is 4.68 Å². The molecule has 0 bridgehead atoms. The number of tetrazole rings is 1. The van der Waals surface area contributed by atoms with Crippen molar-refractivity contribution in [2.45, 2.75) is 16.8 Å². The van der Waals surface area contributed by atoms with Crippen LogP contribution in [0.5, 0.6) is 5.75 Å². The van der Waals surface area contributed by atoms with Gasteiger partial charge in [-0.1, -0.05) is 41.2 Å². The fourth-order valence-electron chi connectivity index (χ4n) is 2.77. The zero-order chi connectivity index (χ0) is 16.5. The molecule has 1 atom stereocenters. The highest BCUT2D eigenvalue weighted by Gasteiger charge is 2.31. The Kier molecular flexibility index (Phi) is 3.66. The molecule has 0 amide bonds. The molecule has 0 saturated heterocycles. The highest BCUT2D eigenvalue weighted by Crippen LogP contribution is 2.34. The number of rotatable bonds is 3. The van der Waals surface area contributed by atoms with E-state index in [9.17, 15) is 10.3 Å². The van der Waals surface area contributed by atoms with Gasteiger partial charge in [-0.3, -0.25) is 0 Å². The normalized spacial score (nSPS) is 18.0. The van der Waals surface area contributed by atoms with Gasteiger partial charge < -0.3 is 10.3 Å². The van der Waals surface area contributed by atoms with Crippen molar-refractivity contribution in [3.63, 3.8) is 0 Å². The Morgan fingerprint density at radius 2 is 1.92 bits per heavy atom. The van der Waals surface area contributed by atoms with Crippen LogP contribution in [0.2, 0.25) is 0 Å². The third-order valence-electron chi connectivity index (χ3n) is 3.89. The van der Waals surface area contributed by atoms with E-state index in [1.54, 1.807) is 28.9 Å². The third kappa shape index (κ3) is 2.50. The first kappa shape index (κ1) is 14.7. The van der Waals surface area contributed by atoms with Gasteiger partial charge in [0.2, 0.25) is 5.16 Å². The summed E-state index contributed by atoms with van der Waals surface area (Å²) in [6.07, 6.45) is 0.753. The number of oxime groups is 1. The predicted molar refractivity (Wildman–Crippen MR) is 88.9 cm³/mol. The second kappa shape index (κ2) is 5.97. The van der Waals surface area contributed by atoms with Gasteiger partial charge in [0.15, 0.2) is 0 Å². The molecule has 0 spiro atoms. The lowest BCUT2D eigenvalue weighted by Crippen LogP contribution is -2.14. The van der Waals surface area contributed by atoms with Gasteiger partial charge in [0.25, 0.3) is 0 Å². The van der Waals surface area contributed by atoms with E-state index in [4.69, 9.17) is 0 Å². The molecule has 1 heterocycles. The van der Waals surface area contributed by atoms with Crippen LogP contribution in [0.25, 0.3) is 5.69 Å². The van der Waals surface area contributed by atoms with Crippen molar-refractivity contribution in [3.8, 4) is 11.4 Å². The number of hydrogen-bond donors (Lipinski definition) is 2. The van der Waals surface area contributed by atoms with E-state index in [-0.39, 0.29) is 11.0 Å². The number of phenols is 1. The number of aromatic hydroxyl groups is 1. The Morgan fingerprint density at radius 1 is 1.12 bits per heavy atom. The number of hydrogen-bond acceptors (Lipinski definition) is 7. The lowest BCUT2D eigenvalue weighted by Gasteiger charge is -2.09. The average molecular weight is 339 g/mol. The van der Waals surface area contributed by atoms with Crippen molar-refractivity contribution in [1.82, 2.24) is 20.2 Å². The molecular formula is C16H13N5O2S. The molecule has 3 aromatic rings. The van der Waals surface area contributed by atoms with Crippen LogP contribution in [0, 0.1) is 0 Å². The van der Waals surface area contributed by atoms with Crippen LogP contribution in [0.3, 0.4) is 0 Å². The van der Waals surface area contributed by atoms with Gasteiger partial charge in [0.1, 0.15) is 11.5 Å². The van der Waals surface area contributed by atoms with Gasteiger partial charge in [0.05, 0.1) is 10.9 Å². The molecule has 8 heteroatoms. The molecule has 0 aliphatic heterocycles. The fraction of sp³-hybridized carbons (Fsp3) is 0.125. The molecule has 1 aromatic heterocycles. The molecule has 0 saturated carbocycles. The minimum Gasteiger partial charge on any atom is -0.508 e. The van der Waals surface area contributed by atoms with Crippen molar-refractivity contribution in [2.75, 3.05) is 0 Å². The number of nitrogens with zero attached hydrogens (tertiary/aromatic N) is 5. The highest BCUT2D eigenvalue weighted by atomic mass is 32.2. The maximum absolute atomic E-state index is 9.42. The van der Waals surface area contributed by atoms with Crippen molar-refractivity contribution in [2.24, 2.45) is 5.16 Å². The zero-order valence-electron chi connectivity index (χ0n) is 12.4. The van der Waals surface area contributed by atoms with Gasteiger partial charge in [-0.15, -0.1) is 5.10 Å². The number of fused-ring (bicyclic) bond motifs is 1. The van der Waals surface area contributed by atoms with Crippen molar-refractivity contribution >= 4 is 17.5 Å². The maximum atomic E-state index is 9.42. The maximum Gasteiger partial charge on any atom is 0.214 e. The van der Waals surface area contributed by atoms with Crippen LogP contribution in [0.15, 0.2) is 58.8 Å². The molecule has 1 aliphatic rings. The lowest BCUT2D eigenvalue weighted by atomic mass is 10.1. The topological polar surface area (TPSA) is 96.4 Å². The first-order valence-electron chi connectivity index (χ1n) is 7.31. The molecule has 120 valence electrons. The first-order valence-corrected chi connectivity index (χ1v) is 8.19. The zero-order valence-corrected chi connectivity index (χ0v) is 13.3. The van der Waals surface area contributed by atoms with Crippen LogP contribution in [0.1, 0.15) is 11.1 Å². The van der Waals surface area contributed by atoms with Gasteiger partial charge in [0, 0.05) is 5.56 Å². The number of aromatic nitrogens is 4. The minimum absolute atomic E-state index is 0.0609. The summed E-state index contributed by atoms with van der Waals surface area (Å²) in [7, 11) is 0. The Labute approximate surface area is 141 Å². The third-order valence-corrected chi connectivity index (χ3v) is 5.03. The fourth-order valence-corrected chi connectivity index (χ4v) is 3.90. The first-order chi connectivity index (χ1) is 11.8. The summed E-state index contributed by atoms with van der Waals surface area (Å²) in [6.45, 7) is 0. The molecule has 4 rings (SSSR count). The van der Waals surface area contributed by atoms with Crippen LogP contribution in [0.4, 0.5) is 0 Å². The minimum atomic E-state index is -0.0609. The van der Waals surface area contributed by atoms with E-state index in [1.807, 2.05) is 24.3 Å². The number of benzene rings is 2.